The molecular formula is C24H28N4S. The molecule has 0 amide bonds. The Kier molecular flexibility index (Phi) is 6.13. The zero-order valence-electron chi connectivity index (χ0n) is 17.2. The number of fused-ring (bicyclic) bond motifs is 1. The number of hydrogen-bond acceptors (Lipinski definition) is 5. The molecule has 0 aromatic heterocycles. The fourth-order valence-electron chi connectivity index (χ4n) is 4.15. The van der Waals surface area contributed by atoms with Crippen molar-refractivity contribution in [3.05, 3.63) is 58.8 Å². The zero-order chi connectivity index (χ0) is 20.2. The number of piperidine rings is 1. The van der Waals surface area contributed by atoms with E-state index in [4.69, 9.17) is 0 Å². The number of hydrogen-bond donors (Lipinski definition) is 2. The zero-order valence-corrected chi connectivity index (χ0v) is 18.0. The van der Waals surface area contributed by atoms with Gasteiger partial charge in [-0.2, -0.15) is 5.26 Å². The lowest BCUT2D eigenvalue weighted by Gasteiger charge is -2.32. The Labute approximate surface area is 178 Å². The van der Waals surface area contributed by atoms with Gasteiger partial charge in [0, 0.05) is 42.7 Å². The van der Waals surface area contributed by atoms with E-state index in [0.29, 0.717) is 6.04 Å². The maximum atomic E-state index is 9.24. The van der Waals surface area contributed by atoms with E-state index in [1.807, 2.05) is 31.1 Å². The van der Waals surface area contributed by atoms with E-state index in [-0.39, 0.29) is 0 Å². The van der Waals surface area contributed by atoms with Crippen molar-refractivity contribution in [1.82, 2.24) is 9.62 Å². The van der Waals surface area contributed by atoms with E-state index < -0.39 is 0 Å². The van der Waals surface area contributed by atoms with Crippen molar-refractivity contribution >= 4 is 23.7 Å². The van der Waals surface area contributed by atoms with E-state index >= 15 is 0 Å². The van der Waals surface area contributed by atoms with Gasteiger partial charge < -0.3 is 10.6 Å². The fourth-order valence-corrected chi connectivity index (χ4v) is 4.98. The number of anilines is 1. The molecule has 1 fully saturated rings. The maximum Gasteiger partial charge on any atom is 0.0994 e. The van der Waals surface area contributed by atoms with Crippen LogP contribution in [0.3, 0.4) is 0 Å². The molecule has 4 rings (SSSR count). The van der Waals surface area contributed by atoms with Crippen LogP contribution in [0.15, 0.2) is 36.5 Å². The summed E-state index contributed by atoms with van der Waals surface area (Å²) in [7, 11) is 0. The highest BCUT2D eigenvalue weighted by atomic mass is 32.2. The molecule has 4 nitrogen and oxygen atoms in total. The van der Waals surface area contributed by atoms with Gasteiger partial charge >= 0.3 is 0 Å². The number of nitriles is 1. The van der Waals surface area contributed by atoms with Gasteiger partial charge in [0.05, 0.1) is 11.6 Å². The van der Waals surface area contributed by atoms with E-state index in [1.54, 1.807) is 0 Å². The molecule has 2 aromatic carbocycles. The van der Waals surface area contributed by atoms with Gasteiger partial charge in [-0.1, -0.05) is 31.0 Å². The van der Waals surface area contributed by atoms with Crippen LogP contribution in [-0.4, -0.2) is 29.2 Å². The molecule has 2 aromatic rings. The third-order valence-corrected chi connectivity index (χ3v) is 6.74. The highest BCUT2D eigenvalue weighted by molar-refractivity contribution is 7.96. The van der Waals surface area contributed by atoms with Crippen molar-refractivity contribution in [3.63, 3.8) is 0 Å². The van der Waals surface area contributed by atoms with Crippen molar-refractivity contribution in [2.75, 3.05) is 24.2 Å². The first-order valence-corrected chi connectivity index (χ1v) is 11.3. The molecule has 2 N–H and O–H groups in total. The van der Waals surface area contributed by atoms with Crippen LogP contribution in [0.1, 0.15) is 42.0 Å². The molecular weight excluding hydrogens is 376 g/mol. The Balaban J connectivity index is 1.62. The van der Waals surface area contributed by atoms with Gasteiger partial charge in [0.1, 0.15) is 0 Å². The Morgan fingerprint density at radius 3 is 2.76 bits per heavy atom. The lowest BCUT2D eigenvalue weighted by atomic mass is 9.93. The predicted octanol–water partition coefficient (Wildman–Crippen LogP) is 5.15. The molecule has 0 atom stereocenters. The van der Waals surface area contributed by atoms with Gasteiger partial charge in [-0.05, 0) is 72.5 Å². The van der Waals surface area contributed by atoms with Crippen molar-refractivity contribution in [2.45, 2.75) is 39.3 Å². The molecule has 0 saturated carbocycles. The molecule has 0 bridgehead atoms. The van der Waals surface area contributed by atoms with Gasteiger partial charge in [-0.15, -0.1) is 0 Å². The lowest BCUT2D eigenvalue weighted by Crippen LogP contribution is -2.36. The minimum absolute atomic E-state index is 0.511. The van der Waals surface area contributed by atoms with Crippen LogP contribution in [0.4, 0.5) is 5.69 Å². The first-order chi connectivity index (χ1) is 14.2. The number of benzene rings is 2. The third-order valence-electron chi connectivity index (χ3n) is 5.75. The first-order valence-electron chi connectivity index (χ1n) is 10.4. The van der Waals surface area contributed by atoms with Crippen molar-refractivity contribution in [2.24, 2.45) is 0 Å². The summed E-state index contributed by atoms with van der Waals surface area (Å²) in [6.07, 6.45) is 6.53. The largest absolute Gasteiger partial charge is 0.387 e. The van der Waals surface area contributed by atoms with Crippen molar-refractivity contribution in [3.8, 4) is 17.2 Å². The van der Waals surface area contributed by atoms with Gasteiger partial charge in [0.2, 0.25) is 0 Å². The van der Waals surface area contributed by atoms with Gasteiger partial charge in [0.15, 0.2) is 0 Å². The highest BCUT2D eigenvalue weighted by Crippen LogP contribution is 2.33. The molecule has 0 unspecified atom stereocenters. The monoisotopic (exact) mass is 404 g/mol. The van der Waals surface area contributed by atoms with Crippen LogP contribution < -0.4 is 10.6 Å². The second-order valence-electron chi connectivity index (χ2n) is 7.71. The SMILES string of the molecule is CCSN1CCC(Nc2cc(-c3ccc(C#N)c(C)c3)cc3c2CNC=C3)CC1. The topological polar surface area (TPSA) is 51.1 Å². The normalized spacial score (nSPS) is 16.7. The van der Waals surface area contributed by atoms with Crippen LogP contribution in [0, 0.1) is 18.3 Å². The smallest absolute Gasteiger partial charge is 0.0994 e. The van der Waals surface area contributed by atoms with E-state index in [0.717, 1.165) is 42.1 Å². The third kappa shape index (κ3) is 4.44. The van der Waals surface area contributed by atoms with Crippen LogP contribution in [0.2, 0.25) is 0 Å². The molecule has 0 radical (unpaired) electrons. The molecule has 5 heteroatoms. The van der Waals surface area contributed by atoms with Gasteiger partial charge in [-0.3, -0.25) is 4.31 Å². The van der Waals surface area contributed by atoms with Crippen LogP contribution in [-0.2, 0) is 6.54 Å². The fraction of sp³-hybridized carbons (Fsp3) is 0.375. The van der Waals surface area contributed by atoms with Gasteiger partial charge in [0.25, 0.3) is 0 Å². The summed E-state index contributed by atoms with van der Waals surface area (Å²) < 4.78 is 2.49. The second kappa shape index (κ2) is 8.94. The Morgan fingerprint density at radius 1 is 1.21 bits per heavy atom. The molecule has 29 heavy (non-hydrogen) atoms. The van der Waals surface area contributed by atoms with Gasteiger partial charge in [-0.25, -0.2) is 0 Å². The molecule has 1 saturated heterocycles. The molecule has 2 aliphatic rings. The average Bonchev–Trinajstić information content (AvgIpc) is 2.75. The summed E-state index contributed by atoms with van der Waals surface area (Å²) in [5.74, 6) is 1.15. The summed E-state index contributed by atoms with van der Waals surface area (Å²) in [4.78, 5) is 0. The molecule has 2 aliphatic heterocycles. The standard InChI is InChI=1S/C24H28N4S/c1-3-29-28-10-7-22(8-11-28)27-24-14-21(13-19-6-9-26-16-23(19)24)18-4-5-20(15-25)17(2)12-18/h4-6,9,12-14,22,26-27H,3,7-8,10-11,16H2,1-2H3. The van der Waals surface area contributed by atoms with Crippen LogP contribution in [0.5, 0.6) is 0 Å². The summed E-state index contributed by atoms with van der Waals surface area (Å²) in [6, 6.07) is 13.4. The van der Waals surface area contributed by atoms with Crippen molar-refractivity contribution < 1.29 is 0 Å². The number of nitrogens with one attached hydrogen (secondary N) is 2. The maximum absolute atomic E-state index is 9.24. The number of rotatable bonds is 5. The molecule has 0 spiro atoms. The van der Waals surface area contributed by atoms with E-state index in [9.17, 15) is 5.26 Å². The lowest BCUT2D eigenvalue weighted by molar-refractivity contribution is 0.358. The summed E-state index contributed by atoms with van der Waals surface area (Å²) in [5.41, 5.74) is 7.97. The summed E-state index contributed by atoms with van der Waals surface area (Å²) >= 11 is 1.95. The first kappa shape index (κ1) is 19.9. The highest BCUT2D eigenvalue weighted by Gasteiger charge is 2.21. The summed E-state index contributed by atoms with van der Waals surface area (Å²) in [5, 5.41) is 16.5. The minimum atomic E-state index is 0.511. The predicted molar refractivity (Wildman–Crippen MR) is 124 cm³/mol. The van der Waals surface area contributed by atoms with E-state index in [2.05, 4.69) is 58.3 Å². The number of aryl methyl sites for hydroxylation is 1. The quantitative estimate of drug-likeness (QED) is 0.675. The van der Waals surface area contributed by atoms with Crippen molar-refractivity contribution in [1.29, 1.82) is 5.26 Å². The molecule has 2 heterocycles. The number of nitrogens with zero attached hydrogens (tertiary/aromatic N) is 2. The van der Waals surface area contributed by atoms with Crippen LogP contribution >= 0.6 is 11.9 Å². The Bertz CT molecular complexity index is 952. The molecule has 0 aliphatic carbocycles. The second-order valence-corrected chi connectivity index (χ2v) is 9.06. The summed E-state index contributed by atoms with van der Waals surface area (Å²) in [6.45, 7) is 7.37. The minimum Gasteiger partial charge on any atom is -0.387 e. The van der Waals surface area contributed by atoms with E-state index in [1.165, 1.54) is 35.2 Å². The molecule has 150 valence electrons. The van der Waals surface area contributed by atoms with Crippen LogP contribution in [0.25, 0.3) is 17.2 Å². The Morgan fingerprint density at radius 2 is 2.03 bits per heavy atom. The Hall–Kier alpha value is -2.42. The average molecular weight is 405 g/mol.